The molecular formula is C17H30N2O2. The molecule has 0 bridgehead atoms. The molecule has 0 aromatic heterocycles. The number of ether oxygens (including phenoxy) is 1. The molecule has 2 heterocycles. The van der Waals surface area contributed by atoms with E-state index in [1.54, 1.807) is 0 Å². The molecule has 4 heteroatoms. The van der Waals surface area contributed by atoms with Gasteiger partial charge in [-0.05, 0) is 57.0 Å². The number of piperidine rings is 2. The van der Waals surface area contributed by atoms with E-state index in [2.05, 4.69) is 10.2 Å². The van der Waals surface area contributed by atoms with Gasteiger partial charge in [0.1, 0.15) is 0 Å². The van der Waals surface area contributed by atoms with Gasteiger partial charge in [0.25, 0.3) is 0 Å². The Morgan fingerprint density at radius 1 is 1.10 bits per heavy atom. The highest BCUT2D eigenvalue weighted by molar-refractivity contribution is 5.76. The molecule has 0 aromatic rings. The summed E-state index contributed by atoms with van der Waals surface area (Å²) >= 11 is 0. The summed E-state index contributed by atoms with van der Waals surface area (Å²) < 4.78 is 5.85. The van der Waals surface area contributed by atoms with E-state index in [4.69, 9.17) is 4.74 Å². The number of hydrogen-bond acceptors (Lipinski definition) is 3. The second-order valence-electron chi connectivity index (χ2n) is 7.16. The van der Waals surface area contributed by atoms with E-state index in [0.29, 0.717) is 30.5 Å². The number of nitrogens with one attached hydrogen (secondary N) is 1. The molecule has 1 aliphatic carbocycles. The van der Waals surface area contributed by atoms with Crippen LogP contribution in [0.25, 0.3) is 0 Å². The van der Waals surface area contributed by atoms with E-state index in [1.807, 2.05) is 0 Å². The minimum Gasteiger partial charge on any atom is -0.378 e. The zero-order valence-electron chi connectivity index (χ0n) is 13.2. The summed E-state index contributed by atoms with van der Waals surface area (Å²) in [7, 11) is 0. The molecule has 1 spiro atoms. The van der Waals surface area contributed by atoms with Crippen LogP contribution in [0.4, 0.5) is 0 Å². The molecule has 3 fully saturated rings. The highest BCUT2D eigenvalue weighted by Gasteiger charge is 2.37. The van der Waals surface area contributed by atoms with Crippen LogP contribution >= 0.6 is 0 Å². The molecule has 4 nitrogen and oxygen atoms in total. The largest absolute Gasteiger partial charge is 0.378 e. The Balaban J connectivity index is 1.34. The molecule has 2 aliphatic heterocycles. The maximum atomic E-state index is 12.3. The van der Waals surface area contributed by atoms with Gasteiger partial charge in [-0.25, -0.2) is 0 Å². The molecule has 3 rings (SSSR count). The van der Waals surface area contributed by atoms with Crippen molar-refractivity contribution in [3.8, 4) is 0 Å². The third kappa shape index (κ3) is 3.98. The monoisotopic (exact) mass is 294 g/mol. The number of carbonyl (C=O) groups is 1. The van der Waals surface area contributed by atoms with Crippen molar-refractivity contribution in [1.82, 2.24) is 10.2 Å². The van der Waals surface area contributed by atoms with Crippen molar-refractivity contribution in [3.63, 3.8) is 0 Å². The van der Waals surface area contributed by atoms with Crippen LogP contribution < -0.4 is 5.32 Å². The van der Waals surface area contributed by atoms with Crippen LogP contribution in [0.1, 0.15) is 57.8 Å². The molecule has 0 unspecified atom stereocenters. The summed E-state index contributed by atoms with van der Waals surface area (Å²) in [5, 5.41) is 3.33. The lowest BCUT2D eigenvalue weighted by Gasteiger charge is -2.39. The van der Waals surface area contributed by atoms with E-state index < -0.39 is 0 Å². The van der Waals surface area contributed by atoms with Crippen LogP contribution in [0.3, 0.4) is 0 Å². The fraction of sp³-hybridized carbons (Fsp3) is 0.941. The summed E-state index contributed by atoms with van der Waals surface area (Å²) in [6, 6.07) is 0. The number of likely N-dealkylation sites (tertiary alicyclic amines) is 1. The van der Waals surface area contributed by atoms with Crippen LogP contribution in [0, 0.1) is 5.41 Å². The second kappa shape index (κ2) is 7.10. The first-order valence-electron chi connectivity index (χ1n) is 8.88. The molecule has 1 saturated carbocycles. The van der Waals surface area contributed by atoms with E-state index in [0.717, 1.165) is 39.0 Å². The zero-order valence-corrected chi connectivity index (χ0v) is 13.2. The fourth-order valence-corrected chi connectivity index (χ4v) is 4.29. The van der Waals surface area contributed by atoms with Crippen molar-refractivity contribution < 1.29 is 9.53 Å². The van der Waals surface area contributed by atoms with Gasteiger partial charge in [-0.1, -0.05) is 12.8 Å². The minimum atomic E-state index is 0.303. The summed E-state index contributed by atoms with van der Waals surface area (Å²) in [4.78, 5) is 14.4. The van der Waals surface area contributed by atoms with Gasteiger partial charge in [-0.3, -0.25) is 4.79 Å². The van der Waals surface area contributed by atoms with E-state index in [-0.39, 0.29) is 0 Å². The van der Waals surface area contributed by atoms with Crippen LogP contribution in [-0.2, 0) is 9.53 Å². The zero-order chi connectivity index (χ0) is 14.5. The number of hydrogen-bond donors (Lipinski definition) is 1. The van der Waals surface area contributed by atoms with Crippen LogP contribution in [0.15, 0.2) is 0 Å². The number of nitrogens with zero attached hydrogens (tertiary/aromatic N) is 1. The Morgan fingerprint density at radius 2 is 1.76 bits per heavy atom. The van der Waals surface area contributed by atoms with E-state index in [1.165, 1.54) is 38.5 Å². The van der Waals surface area contributed by atoms with Crippen LogP contribution in [0.2, 0.25) is 0 Å². The minimum absolute atomic E-state index is 0.303. The number of carbonyl (C=O) groups excluding carboxylic acids is 1. The predicted octanol–water partition coefficient (Wildman–Crippen LogP) is 2.33. The Labute approximate surface area is 128 Å². The fourth-order valence-electron chi connectivity index (χ4n) is 4.29. The maximum absolute atomic E-state index is 12.3. The highest BCUT2D eigenvalue weighted by Crippen LogP contribution is 2.46. The first-order chi connectivity index (χ1) is 10.3. The summed E-state index contributed by atoms with van der Waals surface area (Å²) in [6.07, 6.45) is 11.2. The maximum Gasteiger partial charge on any atom is 0.224 e. The summed E-state index contributed by atoms with van der Waals surface area (Å²) in [5.74, 6) is 0.303. The van der Waals surface area contributed by atoms with Gasteiger partial charge < -0.3 is 15.0 Å². The molecule has 1 amide bonds. The van der Waals surface area contributed by atoms with Crippen LogP contribution in [0.5, 0.6) is 0 Å². The van der Waals surface area contributed by atoms with Gasteiger partial charge in [0, 0.05) is 13.1 Å². The SMILES string of the molecule is O=C(CCOC1CCNCC1)N1CCC2(CCCC2)CC1. The van der Waals surface area contributed by atoms with Crippen molar-refractivity contribution >= 4 is 5.91 Å². The Kier molecular flexibility index (Phi) is 5.17. The molecule has 2 saturated heterocycles. The third-order valence-electron chi connectivity index (χ3n) is 5.80. The first-order valence-corrected chi connectivity index (χ1v) is 8.88. The summed E-state index contributed by atoms with van der Waals surface area (Å²) in [5.41, 5.74) is 0.600. The molecule has 1 N–H and O–H groups in total. The van der Waals surface area contributed by atoms with Gasteiger partial charge in [-0.2, -0.15) is 0 Å². The van der Waals surface area contributed by atoms with Crippen LogP contribution in [-0.4, -0.2) is 49.7 Å². The third-order valence-corrected chi connectivity index (χ3v) is 5.80. The normalized spacial score (nSPS) is 26.4. The van der Waals surface area contributed by atoms with Gasteiger partial charge in [0.05, 0.1) is 19.1 Å². The average molecular weight is 294 g/mol. The van der Waals surface area contributed by atoms with Crippen molar-refractivity contribution in [2.24, 2.45) is 5.41 Å². The molecule has 120 valence electrons. The van der Waals surface area contributed by atoms with Crippen molar-refractivity contribution in [2.75, 3.05) is 32.8 Å². The van der Waals surface area contributed by atoms with Gasteiger partial charge in [0.15, 0.2) is 0 Å². The quantitative estimate of drug-likeness (QED) is 0.865. The second-order valence-corrected chi connectivity index (χ2v) is 7.16. The van der Waals surface area contributed by atoms with Gasteiger partial charge >= 0.3 is 0 Å². The molecule has 0 atom stereocenters. The van der Waals surface area contributed by atoms with Crippen molar-refractivity contribution in [2.45, 2.75) is 63.9 Å². The predicted molar refractivity (Wildman–Crippen MR) is 83.2 cm³/mol. The summed E-state index contributed by atoms with van der Waals surface area (Å²) in [6.45, 7) is 4.66. The lowest BCUT2D eigenvalue weighted by atomic mass is 9.77. The number of amides is 1. The lowest BCUT2D eigenvalue weighted by molar-refractivity contribution is -0.135. The molecule has 0 aromatic carbocycles. The molecular weight excluding hydrogens is 264 g/mol. The first kappa shape index (κ1) is 15.3. The molecule has 0 radical (unpaired) electrons. The highest BCUT2D eigenvalue weighted by atomic mass is 16.5. The molecule has 21 heavy (non-hydrogen) atoms. The number of rotatable bonds is 4. The Morgan fingerprint density at radius 3 is 2.43 bits per heavy atom. The average Bonchev–Trinajstić information content (AvgIpc) is 2.97. The lowest BCUT2D eigenvalue weighted by Crippen LogP contribution is -2.42. The molecule has 3 aliphatic rings. The van der Waals surface area contributed by atoms with Gasteiger partial charge in [-0.15, -0.1) is 0 Å². The van der Waals surface area contributed by atoms with E-state index >= 15 is 0 Å². The van der Waals surface area contributed by atoms with Gasteiger partial charge in [0.2, 0.25) is 5.91 Å². The standard InChI is InChI=1S/C17H30N2O2/c20-16(5-14-21-15-3-10-18-11-4-15)19-12-8-17(9-13-19)6-1-2-7-17/h15,18H,1-14H2. The topological polar surface area (TPSA) is 41.6 Å². The van der Waals surface area contributed by atoms with Crippen molar-refractivity contribution in [1.29, 1.82) is 0 Å². The Hall–Kier alpha value is -0.610. The van der Waals surface area contributed by atoms with Crippen molar-refractivity contribution in [3.05, 3.63) is 0 Å². The van der Waals surface area contributed by atoms with E-state index in [9.17, 15) is 4.79 Å². The Bertz CT molecular complexity index is 337. The smallest absolute Gasteiger partial charge is 0.224 e.